The average Bonchev–Trinajstić information content (AvgIpc) is 2.27. The normalized spacial score (nSPS) is 22.3. The van der Waals surface area contributed by atoms with Crippen LogP contribution in [-0.2, 0) is 10.2 Å². The molecular formula is C13H29N3O2S. The Hall–Kier alpha value is -0.170. The van der Waals surface area contributed by atoms with Crippen molar-refractivity contribution in [3.05, 3.63) is 0 Å². The van der Waals surface area contributed by atoms with Gasteiger partial charge in [0, 0.05) is 25.2 Å². The van der Waals surface area contributed by atoms with Gasteiger partial charge in [0.2, 0.25) is 0 Å². The van der Waals surface area contributed by atoms with Gasteiger partial charge in [-0.1, -0.05) is 20.3 Å². The number of hydrogen-bond acceptors (Lipinski definition) is 3. The third-order valence-electron chi connectivity index (χ3n) is 3.20. The van der Waals surface area contributed by atoms with E-state index in [4.69, 9.17) is 0 Å². The van der Waals surface area contributed by atoms with E-state index in [-0.39, 0.29) is 12.1 Å². The first kappa shape index (κ1) is 16.9. The van der Waals surface area contributed by atoms with Crippen LogP contribution in [0.15, 0.2) is 0 Å². The molecule has 1 heterocycles. The maximum atomic E-state index is 12.3. The largest absolute Gasteiger partial charge is 0.315 e. The van der Waals surface area contributed by atoms with Gasteiger partial charge in [0.1, 0.15) is 0 Å². The summed E-state index contributed by atoms with van der Waals surface area (Å²) in [6.07, 6.45) is 3.02. The van der Waals surface area contributed by atoms with Gasteiger partial charge >= 0.3 is 0 Å². The van der Waals surface area contributed by atoms with Gasteiger partial charge in [-0.2, -0.15) is 17.4 Å². The highest BCUT2D eigenvalue weighted by Crippen LogP contribution is 2.19. The molecule has 1 saturated heterocycles. The molecule has 0 aliphatic carbocycles. The molecule has 0 aromatic heterocycles. The van der Waals surface area contributed by atoms with Crippen molar-refractivity contribution in [1.29, 1.82) is 0 Å². The summed E-state index contributed by atoms with van der Waals surface area (Å²) in [7, 11) is -3.34. The summed E-state index contributed by atoms with van der Waals surface area (Å²) in [4.78, 5) is 0. The second-order valence-electron chi connectivity index (χ2n) is 6.09. The van der Waals surface area contributed by atoms with Crippen LogP contribution in [-0.4, -0.2) is 44.4 Å². The van der Waals surface area contributed by atoms with Gasteiger partial charge in [-0.25, -0.2) is 0 Å². The van der Waals surface area contributed by atoms with E-state index in [0.717, 1.165) is 32.4 Å². The monoisotopic (exact) mass is 291 g/mol. The maximum Gasteiger partial charge on any atom is 0.279 e. The fourth-order valence-corrected chi connectivity index (χ4v) is 4.07. The average molecular weight is 291 g/mol. The molecule has 0 aromatic carbocycles. The third kappa shape index (κ3) is 5.77. The lowest BCUT2D eigenvalue weighted by molar-refractivity contribution is 0.240. The number of piperidine rings is 1. The van der Waals surface area contributed by atoms with Gasteiger partial charge < -0.3 is 5.32 Å². The van der Waals surface area contributed by atoms with Crippen molar-refractivity contribution < 1.29 is 8.42 Å². The van der Waals surface area contributed by atoms with Crippen LogP contribution >= 0.6 is 0 Å². The van der Waals surface area contributed by atoms with E-state index in [1.54, 1.807) is 4.31 Å². The van der Waals surface area contributed by atoms with Crippen molar-refractivity contribution in [3.8, 4) is 0 Å². The van der Waals surface area contributed by atoms with Crippen molar-refractivity contribution in [2.75, 3.05) is 19.6 Å². The molecule has 1 atom stereocenters. The van der Waals surface area contributed by atoms with Gasteiger partial charge in [-0.15, -0.1) is 0 Å². The molecule has 0 amide bonds. The van der Waals surface area contributed by atoms with Gasteiger partial charge in [-0.05, 0) is 39.2 Å². The summed E-state index contributed by atoms with van der Waals surface area (Å²) < 4.78 is 28.9. The quantitative estimate of drug-likeness (QED) is 0.744. The summed E-state index contributed by atoms with van der Waals surface area (Å²) in [5, 5.41) is 3.38. The summed E-state index contributed by atoms with van der Waals surface area (Å²) in [5.74, 6) is 0.586. The Bertz CT molecular complexity index is 355. The second-order valence-corrected chi connectivity index (χ2v) is 7.74. The van der Waals surface area contributed by atoms with Crippen LogP contribution in [0.1, 0.15) is 47.0 Å². The predicted octanol–water partition coefficient (Wildman–Crippen LogP) is 1.33. The first-order chi connectivity index (χ1) is 8.83. The second kappa shape index (κ2) is 7.57. The van der Waals surface area contributed by atoms with Gasteiger partial charge in [-0.3, -0.25) is 0 Å². The zero-order valence-corrected chi connectivity index (χ0v) is 13.5. The van der Waals surface area contributed by atoms with Gasteiger partial charge in [0.25, 0.3) is 10.2 Å². The number of nitrogens with zero attached hydrogens (tertiary/aromatic N) is 1. The van der Waals surface area contributed by atoms with Crippen LogP contribution in [0, 0.1) is 5.92 Å². The lowest BCUT2D eigenvalue weighted by atomic mass is 10.0. The fraction of sp³-hybridized carbons (Fsp3) is 1.00. The molecule has 2 N–H and O–H groups in total. The number of hydrogen-bond donors (Lipinski definition) is 2. The molecule has 0 spiro atoms. The zero-order chi connectivity index (χ0) is 14.5. The Morgan fingerprint density at radius 1 is 1.21 bits per heavy atom. The Kier molecular flexibility index (Phi) is 6.73. The summed E-state index contributed by atoms with van der Waals surface area (Å²) in [6.45, 7) is 10.3. The minimum absolute atomic E-state index is 0.0591. The van der Waals surface area contributed by atoms with Crippen LogP contribution in [0.4, 0.5) is 0 Å². The van der Waals surface area contributed by atoms with Crippen LogP contribution in [0.2, 0.25) is 0 Å². The molecule has 1 unspecified atom stereocenters. The first-order valence-electron chi connectivity index (χ1n) is 7.32. The molecule has 1 fully saturated rings. The highest BCUT2D eigenvalue weighted by Gasteiger charge is 2.32. The third-order valence-corrected chi connectivity index (χ3v) is 5.07. The van der Waals surface area contributed by atoms with E-state index in [1.807, 2.05) is 13.8 Å². The molecule has 0 radical (unpaired) electrons. The highest BCUT2D eigenvalue weighted by molar-refractivity contribution is 7.87. The summed E-state index contributed by atoms with van der Waals surface area (Å²) in [5.41, 5.74) is 0. The van der Waals surface area contributed by atoms with Crippen molar-refractivity contribution in [2.45, 2.75) is 59.0 Å². The number of nitrogens with one attached hydrogen (secondary N) is 2. The molecule has 6 heteroatoms. The minimum Gasteiger partial charge on any atom is -0.315 e. The summed E-state index contributed by atoms with van der Waals surface area (Å²) in [6, 6.07) is 0.0277. The highest BCUT2D eigenvalue weighted by atomic mass is 32.2. The molecule has 1 aliphatic heterocycles. The van der Waals surface area contributed by atoms with E-state index in [0.29, 0.717) is 12.5 Å². The topological polar surface area (TPSA) is 61.4 Å². The fourth-order valence-electron chi connectivity index (χ4n) is 2.40. The van der Waals surface area contributed by atoms with Gasteiger partial charge in [0.05, 0.1) is 0 Å². The van der Waals surface area contributed by atoms with Gasteiger partial charge in [0.15, 0.2) is 0 Å². The molecule has 0 bridgehead atoms. The van der Waals surface area contributed by atoms with E-state index >= 15 is 0 Å². The maximum absolute atomic E-state index is 12.3. The molecule has 19 heavy (non-hydrogen) atoms. The van der Waals surface area contributed by atoms with Crippen LogP contribution in [0.3, 0.4) is 0 Å². The van der Waals surface area contributed by atoms with Crippen LogP contribution in [0.25, 0.3) is 0 Å². The van der Waals surface area contributed by atoms with Crippen molar-refractivity contribution >= 4 is 10.2 Å². The molecule has 114 valence electrons. The Morgan fingerprint density at radius 3 is 2.47 bits per heavy atom. The predicted molar refractivity (Wildman–Crippen MR) is 79.2 cm³/mol. The molecule has 0 aromatic rings. The van der Waals surface area contributed by atoms with E-state index in [2.05, 4.69) is 23.9 Å². The molecular weight excluding hydrogens is 262 g/mol. The van der Waals surface area contributed by atoms with Crippen LogP contribution in [0.5, 0.6) is 0 Å². The lowest BCUT2D eigenvalue weighted by Crippen LogP contribution is -2.53. The Labute approximate surface area is 118 Å². The van der Waals surface area contributed by atoms with E-state index in [1.165, 1.54) is 0 Å². The minimum atomic E-state index is -3.34. The Balaban J connectivity index is 2.61. The lowest BCUT2D eigenvalue weighted by Gasteiger charge is -2.35. The van der Waals surface area contributed by atoms with Crippen molar-refractivity contribution in [2.24, 2.45) is 5.92 Å². The Morgan fingerprint density at radius 2 is 1.89 bits per heavy atom. The molecule has 5 nitrogen and oxygen atoms in total. The van der Waals surface area contributed by atoms with Crippen molar-refractivity contribution in [1.82, 2.24) is 14.3 Å². The smallest absolute Gasteiger partial charge is 0.279 e. The number of rotatable bonds is 7. The first-order valence-corrected chi connectivity index (χ1v) is 8.76. The van der Waals surface area contributed by atoms with E-state index in [9.17, 15) is 8.42 Å². The van der Waals surface area contributed by atoms with Crippen LogP contribution < -0.4 is 10.0 Å². The van der Waals surface area contributed by atoms with E-state index < -0.39 is 10.2 Å². The summed E-state index contributed by atoms with van der Waals surface area (Å²) >= 11 is 0. The standard InChI is InChI=1S/C13H29N3O2S/c1-11(2)9-14-10-13-7-5-6-8-16(13)19(17,18)15-12(3)4/h11-15H,5-10H2,1-4H3. The SMILES string of the molecule is CC(C)CNCC1CCCCN1S(=O)(=O)NC(C)C. The van der Waals surface area contributed by atoms with Crippen molar-refractivity contribution in [3.63, 3.8) is 0 Å². The zero-order valence-electron chi connectivity index (χ0n) is 12.6. The molecule has 0 saturated carbocycles. The molecule has 1 rings (SSSR count). The molecule has 1 aliphatic rings.